The molecule has 2 aromatic rings. The largest absolute Gasteiger partial charge is 0.344 e. The van der Waals surface area contributed by atoms with Crippen LogP contribution in [-0.2, 0) is 0 Å². The first-order chi connectivity index (χ1) is 7.79. The Balaban J connectivity index is 0.000000244. The van der Waals surface area contributed by atoms with E-state index in [-0.39, 0.29) is 11.4 Å². The lowest BCUT2D eigenvalue weighted by molar-refractivity contribution is 1.08. The molecule has 16 heavy (non-hydrogen) atoms. The van der Waals surface area contributed by atoms with Crippen LogP contribution in [0.4, 0.5) is 0 Å². The van der Waals surface area contributed by atoms with E-state index >= 15 is 0 Å². The molecule has 0 unspecified atom stereocenters. The Morgan fingerprint density at radius 2 is 1.25 bits per heavy atom. The summed E-state index contributed by atoms with van der Waals surface area (Å²) in [6, 6.07) is 3.31. The van der Waals surface area contributed by atoms with Crippen LogP contribution in [0.1, 0.15) is 0 Å². The molecule has 0 aliphatic heterocycles. The maximum atomic E-state index is 10.1. The van der Waals surface area contributed by atoms with Crippen LogP contribution in [0, 0.1) is 0 Å². The van der Waals surface area contributed by atoms with Crippen molar-refractivity contribution < 1.29 is 0 Å². The second-order valence-corrected chi connectivity index (χ2v) is 2.17. The molecule has 0 spiro atoms. The van der Waals surface area contributed by atoms with Gasteiger partial charge < -0.3 is 9.97 Å². The molecule has 0 aliphatic rings. The van der Waals surface area contributed by atoms with Crippen LogP contribution in [0.3, 0.4) is 0 Å². The Labute approximate surface area is 91.7 Å². The van der Waals surface area contributed by atoms with E-state index in [0.717, 1.165) is 0 Å². The molecule has 0 atom stereocenters. The minimum absolute atomic E-state index is 0.303. The van der Waals surface area contributed by atoms with Gasteiger partial charge in [0.25, 0.3) is 0 Å². The van der Waals surface area contributed by atoms with E-state index in [1.54, 1.807) is 12.1 Å². The predicted molar refractivity (Wildman–Crippen MR) is 61.0 cm³/mol. The van der Waals surface area contributed by atoms with E-state index in [0.29, 0.717) is 0 Å². The minimum Gasteiger partial charge on any atom is -0.313 e. The first-order valence-electron chi connectivity index (χ1n) is 4.28. The highest BCUT2D eigenvalue weighted by Crippen LogP contribution is 1.61. The average molecular weight is 220 g/mol. The Hall–Kier alpha value is -2.50. The van der Waals surface area contributed by atoms with Crippen molar-refractivity contribution in [3.63, 3.8) is 0 Å². The standard InChI is InChI=1S/2C4H4N2O.C2H4/c2*7-4-5-2-1-3-6-4;1-2/h2*1-3H,(H,5,6,7);1-2H2. The lowest BCUT2D eigenvalue weighted by Crippen LogP contribution is -2.05. The van der Waals surface area contributed by atoms with Crippen molar-refractivity contribution >= 4 is 0 Å². The SMILES string of the molecule is C=C.O=c1nccc[nH]1.O=c1nccc[nH]1. The molecule has 2 aromatic heterocycles. The third kappa shape index (κ3) is 6.96. The highest BCUT2D eigenvalue weighted by atomic mass is 16.1. The Kier molecular flexibility index (Phi) is 7.65. The second-order valence-electron chi connectivity index (χ2n) is 2.17. The molecule has 0 saturated heterocycles. The zero-order chi connectivity index (χ0) is 12.2. The monoisotopic (exact) mass is 220 g/mol. The number of H-pyrrole nitrogens is 2. The molecule has 0 saturated carbocycles. The van der Waals surface area contributed by atoms with Crippen LogP contribution in [0.2, 0.25) is 0 Å². The van der Waals surface area contributed by atoms with Gasteiger partial charge in [-0.3, -0.25) is 0 Å². The zero-order valence-electron chi connectivity index (χ0n) is 8.59. The number of aromatic nitrogens is 4. The van der Waals surface area contributed by atoms with Gasteiger partial charge in [-0.15, -0.1) is 13.2 Å². The number of hydrogen-bond donors (Lipinski definition) is 2. The molecule has 0 aromatic carbocycles. The minimum atomic E-state index is -0.303. The molecular weight excluding hydrogens is 208 g/mol. The Morgan fingerprint density at radius 1 is 0.875 bits per heavy atom. The van der Waals surface area contributed by atoms with Crippen molar-refractivity contribution in [2.75, 3.05) is 0 Å². The molecule has 0 radical (unpaired) electrons. The van der Waals surface area contributed by atoms with Gasteiger partial charge in [-0.25, -0.2) is 19.6 Å². The number of hydrogen-bond acceptors (Lipinski definition) is 4. The fourth-order valence-electron chi connectivity index (χ4n) is 0.621. The zero-order valence-corrected chi connectivity index (χ0v) is 8.59. The van der Waals surface area contributed by atoms with Crippen molar-refractivity contribution in [1.29, 1.82) is 0 Å². The molecule has 0 bridgehead atoms. The van der Waals surface area contributed by atoms with Crippen molar-refractivity contribution in [2.24, 2.45) is 0 Å². The normalized spacial score (nSPS) is 7.75. The third-order valence-corrected chi connectivity index (χ3v) is 1.16. The summed E-state index contributed by atoms with van der Waals surface area (Å²) < 4.78 is 0. The molecule has 0 fully saturated rings. The average Bonchev–Trinajstić information content (AvgIpc) is 2.34. The van der Waals surface area contributed by atoms with Gasteiger partial charge in [0.1, 0.15) is 0 Å². The van der Waals surface area contributed by atoms with Crippen molar-refractivity contribution in [2.45, 2.75) is 0 Å². The summed E-state index contributed by atoms with van der Waals surface area (Å²) >= 11 is 0. The topological polar surface area (TPSA) is 91.5 Å². The van der Waals surface area contributed by atoms with Crippen LogP contribution in [0.15, 0.2) is 59.7 Å². The third-order valence-electron chi connectivity index (χ3n) is 1.16. The summed E-state index contributed by atoms with van der Waals surface area (Å²) in [4.78, 5) is 31.7. The summed E-state index contributed by atoms with van der Waals surface area (Å²) in [7, 11) is 0. The lowest BCUT2D eigenvalue weighted by atomic mass is 10.7. The van der Waals surface area contributed by atoms with Crippen LogP contribution >= 0.6 is 0 Å². The van der Waals surface area contributed by atoms with Gasteiger partial charge in [-0.05, 0) is 12.1 Å². The number of aromatic amines is 2. The molecule has 0 amide bonds. The van der Waals surface area contributed by atoms with Gasteiger partial charge in [0.15, 0.2) is 0 Å². The highest BCUT2D eigenvalue weighted by molar-refractivity contribution is 4.75. The summed E-state index contributed by atoms with van der Waals surface area (Å²) in [5.74, 6) is 0. The van der Waals surface area contributed by atoms with Crippen LogP contribution < -0.4 is 11.4 Å². The second kappa shape index (κ2) is 9.07. The van der Waals surface area contributed by atoms with E-state index < -0.39 is 0 Å². The molecule has 2 rings (SSSR count). The summed E-state index contributed by atoms with van der Waals surface area (Å²) in [6.45, 7) is 6.00. The van der Waals surface area contributed by atoms with Gasteiger partial charge in [0, 0.05) is 24.8 Å². The first-order valence-corrected chi connectivity index (χ1v) is 4.28. The molecule has 0 aliphatic carbocycles. The number of nitrogens with zero attached hydrogens (tertiary/aromatic N) is 2. The van der Waals surface area contributed by atoms with Gasteiger partial charge in [-0.1, -0.05) is 0 Å². The maximum Gasteiger partial charge on any atom is 0.344 e. The quantitative estimate of drug-likeness (QED) is 0.626. The lowest BCUT2D eigenvalue weighted by Gasteiger charge is -1.72. The van der Waals surface area contributed by atoms with Gasteiger partial charge >= 0.3 is 11.4 Å². The molecule has 2 N–H and O–H groups in total. The van der Waals surface area contributed by atoms with E-state index in [2.05, 4.69) is 33.1 Å². The molecular formula is C10H12N4O2. The molecule has 6 nitrogen and oxygen atoms in total. The predicted octanol–water partition coefficient (Wildman–Crippen LogP) is 0.342. The fourth-order valence-corrected chi connectivity index (χ4v) is 0.621. The van der Waals surface area contributed by atoms with Gasteiger partial charge in [0.05, 0.1) is 0 Å². The van der Waals surface area contributed by atoms with Gasteiger partial charge in [0.2, 0.25) is 0 Å². The number of nitrogens with one attached hydrogen (secondary N) is 2. The summed E-state index contributed by atoms with van der Waals surface area (Å²) in [6.07, 6.45) is 5.96. The summed E-state index contributed by atoms with van der Waals surface area (Å²) in [5, 5.41) is 0. The smallest absolute Gasteiger partial charge is 0.313 e. The van der Waals surface area contributed by atoms with E-state index in [4.69, 9.17) is 0 Å². The maximum absolute atomic E-state index is 10.1. The van der Waals surface area contributed by atoms with E-state index in [1.807, 2.05) is 0 Å². The van der Waals surface area contributed by atoms with Crippen LogP contribution in [-0.4, -0.2) is 19.9 Å². The van der Waals surface area contributed by atoms with Crippen molar-refractivity contribution in [3.8, 4) is 0 Å². The number of rotatable bonds is 0. The molecule has 6 heteroatoms. The Morgan fingerprint density at radius 3 is 1.38 bits per heavy atom. The van der Waals surface area contributed by atoms with Crippen LogP contribution in [0.25, 0.3) is 0 Å². The van der Waals surface area contributed by atoms with E-state index in [9.17, 15) is 9.59 Å². The first kappa shape index (κ1) is 13.5. The van der Waals surface area contributed by atoms with E-state index in [1.165, 1.54) is 24.8 Å². The van der Waals surface area contributed by atoms with Crippen LogP contribution in [0.5, 0.6) is 0 Å². The molecule has 2 heterocycles. The Bertz CT molecular complexity index is 412. The van der Waals surface area contributed by atoms with Crippen molar-refractivity contribution in [3.05, 3.63) is 71.0 Å². The molecule has 84 valence electrons. The highest BCUT2D eigenvalue weighted by Gasteiger charge is 1.71. The van der Waals surface area contributed by atoms with Crippen molar-refractivity contribution in [1.82, 2.24) is 19.9 Å². The fraction of sp³-hybridized carbons (Fsp3) is 0. The van der Waals surface area contributed by atoms with Gasteiger partial charge in [-0.2, -0.15) is 0 Å². The summed E-state index contributed by atoms with van der Waals surface area (Å²) in [5.41, 5.74) is -0.606.